The number of nitrogens with one attached hydrogen (secondary N) is 1. The second-order valence-electron chi connectivity index (χ2n) is 7.62. The molecule has 29 heavy (non-hydrogen) atoms. The van der Waals surface area contributed by atoms with Crippen LogP contribution in [-0.4, -0.2) is 54.0 Å². The largest absolute Gasteiger partial charge is 0.489 e. The molecule has 2 aromatic rings. The van der Waals surface area contributed by atoms with Crippen molar-refractivity contribution in [3.8, 4) is 5.75 Å². The van der Waals surface area contributed by atoms with Crippen LogP contribution in [0.1, 0.15) is 37.0 Å². The molecule has 0 radical (unpaired) electrons. The first-order chi connectivity index (χ1) is 14.0. The SMILES string of the molecule is CC(C)Oc1ccccc1Nc1ccc(C(=O)N2CCC3(CC2)OCCO3)cn1. The number of carbonyl (C=O) groups excluding carboxylic acids is 1. The lowest BCUT2D eigenvalue weighted by molar-refractivity contribution is -0.181. The summed E-state index contributed by atoms with van der Waals surface area (Å²) in [5, 5.41) is 3.26. The number of pyridine rings is 1. The molecular formula is C22H27N3O4. The summed E-state index contributed by atoms with van der Waals surface area (Å²) in [6.07, 6.45) is 3.11. The van der Waals surface area contributed by atoms with E-state index in [-0.39, 0.29) is 12.0 Å². The smallest absolute Gasteiger partial charge is 0.255 e. The molecule has 2 aliphatic heterocycles. The summed E-state index contributed by atoms with van der Waals surface area (Å²) < 4.78 is 17.3. The molecule has 1 amide bonds. The van der Waals surface area contributed by atoms with E-state index in [0.717, 1.165) is 11.4 Å². The van der Waals surface area contributed by atoms with Crippen LogP contribution >= 0.6 is 0 Å². The second kappa shape index (κ2) is 8.39. The fraction of sp³-hybridized carbons (Fsp3) is 0.455. The molecule has 0 atom stereocenters. The summed E-state index contributed by atoms with van der Waals surface area (Å²) >= 11 is 0. The second-order valence-corrected chi connectivity index (χ2v) is 7.62. The molecule has 0 aliphatic carbocycles. The number of carbonyl (C=O) groups is 1. The summed E-state index contributed by atoms with van der Waals surface area (Å²) in [6, 6.07) is 11.3. The third kappa shape index (κ3) is 4.52. The van der Waals surface area contributed by atoms with Crippen LogP contribution in [0.25, 0.3) is 0 Å². The van der Waals surface area contributed by atoms with Crippen molar-refractivity contribution >= 4 is 17.4 Å². The van der Waals surface area contributed by atoms with E-state index >= 15 is 0 Å². The zero-order valence-electron chi connectivity index (χ0n) is 16.9. The number of hydrogen-bond donors (Lipinski definition) is 1. The monoisotopic (exact) mass is 397 g/mol. The van der Waals surface area contributed by atoms with Crippen molar-refractivity contribution < 1.29 is 19.0 Å². The highest BCUT2D eigenvalue weighted by atomic mass is 16.7. The molecule has 1 aromatic heterocycles. The van der Waals surface area contributed by atoms with Gasteiger partial charge in [0.25, 0.3) is 5.91 Å². The van der Waals surface area contributed by atoms with Gasteiger partial charge in [0, 0.05) is 32.1 Å². The van der Waals surface area contributed by atoms with Crippen LogP contribution in [0.15, 0.2) is 42.6 Å². The first kappa shape index (κ1) is 19.7. The van der Waals surface area contributed by atoms with Gasteiger partial charge in [0.15, 0.2) is 5.79 Å². The Morgan fingerprint density at radius 1 is 1.14 bits per heavy atom. The molecule has 1 spiro atoms. The van der Waals surface area contributed by atoms with Crippen molar-refractivity contribution in [2.45, 2.75) is 38.6 Å². The van der Waals surface area contributed by atoms with E-state index in [1.165, 1.54) is 0 Å². The number of benzene rings is 1. The maximum Gasteiger partial charge on any atom is 0.255 e. The van der Waals surface area contributed by atoms with E-state index in [1.807, 2.05) is 49.1 Å². The minimum atomic E-state index is -0.478. The highest BCUT2D eigenvalue weighted by Gasteiger charge is 2.40. The molecule has 3 heterocycles. The Kier molecular flexibility index (Phi) is 5.69. The number of nitrogens with zero attached hydrogens (tertiary/aromatic N) is 2. The molecule has 154 valence electrons. The van der Waals surface area contributed by atoms with Crippen molar-refractivity contribution in [3.05, 3.63) is 48.2 Å². The average Bonchev–Trinajstić information content (AvgIpc) is 3.18. The first-order valence-electron chi connectivity index (χ1n) is 10.1. The van der Waals surface area contributed by atoms with Gasteiger partial charge >= 0.3 is 0 Å². The van der Waals surface area contributed by atoms with Gasteiger partial charge in [0.05, 0.1) is 30.6 Å². The van der Waals surface area contributed by atoms with Crippen molar-refractivity contribution in [3.63, 3.8) is 0 Å². The standard InChI is InChI=1S/C22H27N3O4/c1-16(2)29-19-6-4-3-5-18(19)24-20-8-7-17(15-23-20)21(26)25-11-9-22(10-12-25)27-13-14-28-22/h3-8,15-16H,9-14H2,1-2H3,(H,23,24). The molecule has 2 fully saturated rings. The number of piperidine rings is 1. The van der Waals surface area contributed by atoms with Crippen LogP contribution in [-0.2, 0) is 9.47 Å². The fourth-order valence-electron chi connectivity index (χ4n) is 3.68. The predicted molar refractivity (Wildman–Crippen MR) is 109 cm³/mol. The third-order valence-corrected chi connectivity index (χ3v) is 5.15. The predicted octanol–water partition coefficient (Wildman–Crippen LogP) is 3.59. The summed E-state index contributed by atoms with van der Waals surface area (Å²) in [7, 11) is 0. The highest BCUT2D eigenvalue weighted by molar-refractivity contribution is 5.94. The molecule has 2 aliphatic rings. The van der Waals surface area contributed by atoms with Crippen LogP contribution in [0, 0.1) is 0 Å². The van der Waals surface area contributed by atoms with Gasteiger partial charge in [0.2, 0.25) is 0 Å². The molecular weight excluding hydrogens is 370 g/mol. The number of rotatable bonds is 5. The minimum absolute atomic E-state index is 0.0135. The van der Waals surface area contributed by atoms with Gasteiger partial charge < -0.3 is 24.4 Å². The van der Waals surface area contributed by atoms with E-state index in [4.69, 9.17) is 14.2 Å². The number of amides is 1. The van der Waals surface area contributed by atoms with Crippen molar-refractivity contribution in [1.29, 1.82) is 0 Å². The van der Waals surface area contributed by atoms with E-state index in [1.54, 1.807) is 12.3 Å². The highest BCUT2D eigenvalue weighted by Crippen LogP contribution is 2.32. The third-order valence-electron chi connectivity index (χ3n) is 5.15. The Labute approximate surface area is 171 Å². The van der Waals surface area contributed by atoms with Crippen molar-refractivity contribution in [2.75, 3.05) is 31.6 Å². The van der Waals surface area contributed by atoms with Crippen LogP contribution < -0.4 is 10.1 Å². The van der Waals surface area contributed by atoms with Gasteiger partial charge in [-0.2, -0.15) is 0 Å². The Balaban J connectivity index is 1.39. The molecule has 0 bridgehead atoms. The number of hydrogen-bond acceptors (Lipinski definition) is 6. The van der Waals surface area contributed by atoms with Gasteiger partial charge in [-0.3, -0.25) is 4.79 Å². The van der Waals surface area contributed by atoms with Gasteiger partial charge in [-0.1, -0.05) is 12.1 Å². The first-order valence-corrected chi connectivity index (χ1v) is 10.1. The molecule has 7 heteroatoms. The van der Waals surface area contributed by atoms with Crippen LogP contribution in [0.2, 0.25) is 0 Å². The fourth-order valence-corrected chi connectivity index (χ4v) is 3.68. The van der Waals surface area contributed by atoms with E-state index < -0.39 is 5.79 Å². The number of aromatic nitrogens is 1. The summed E-state index contributed by atoms with van der Waals surface area (Å²) in [5.74, 6) is 0.934. The number of anilines is 2. The van der Waals surface area contributed by atoms with Gasteiger partial charge in [-0.15, -0.1) is 0 Å². The maximum atomic E-state index is 12.8. The summed E-state index contributed by atoms with van der Waals surface area (Å²) in [4.78, 5) is 19.1. The molecule has 4 rings (SSSR count). The lowest BCUT2D eigenvalue weighted by Crippen LogP contribution is -2.47. The molecule has 0 saturated carbocycles. The van der Waals surface area contributed by atoms with E-state index in [2.05, 4.69) is 10.3 Å². The van der Waals surface area contributed by atoms with E-state index in [9.17, 15) is 4.79 Å². The Morgan fingerprint density at radius 3 is 2.52 bits per heavy atom. The minimum Gasteiger partial charge on any atom is -0.489 e. The number of likely N-dealkylation sites (tertiary alicyclic amines) is 1. The molecule has 1 N–H and O–H groups in total. The Morgan fingerprint density at radius 2 is 1.86 bits per heavy atom. The summed E-state index contributed by atoms with van der Waals surface area (Å²) in [5.41, 5.74) is 1.41. The molecule has 1 aromatic carbocycles. The molecule has 0 unspecified atom stereocenters. The zero-order valence-corrected chi connectivity index (χ0v) is 16.9. The zero-order chi connectivity index (χ0) is 20.3. The maximum absolute atomic E-state index is 12.8. The lowest BCUT2D eigenvalue weighted by Gasteiger charge is -2.37. The van der Waals surface area contributed by atoms with Gasteiger partial charge in [-0.05, 0) is 38.1 Å². The normalized spacial score (nSPS) is 18.2. The topological polar surface area (TPSA) is 72.9 Å². The van der Waals surface area contributed by atoms with Crippen LogP contribution in [0.3, 0.4) is 0 Å². The van der Waals surface area contributed by atoms with Gasteiger partial charge in [0.1, 0.15) is 11.6 Å². The average molecular weight is 397 g/mol. The Bertz CT molecular complexity index is 837. The quantitative estimate of drug-likeness (QED) is 0.831. The number of ether oxygens (including phenoxy) is 3. The molecule has 7 nitrogen and oxygen atoms in total. The van der Waals surface area contributed by atoms with Crippen LogP contribution in [0.5, 0.6) is 5.75 Å². The molecule has 2 saturated heterocycles. The number of para-hydroxylation sites is 2. The van der Waals surface area contributed by atoms with E-state index in [0.29, 0.717) is 50.5 Å². The van der Waals surface area contributed by atoms with Crippen molar-refractivity contribution in [2.24, 2.45) is 0 Å². The summed E-state index contributed by atoms with van der Waals surface area (Å²) in [6.45, 7) is 6.50. The van der Waals surface area contributed by atoms with Crippen LogP contribution in [0.4, 0.5) is 11.5 Å². The van der Waals surface area contributed by atoms with Gasteiger partial charge in [-0.25, -0.2) is 4.98 Å². The Hall–Kier alpha value is -2.64. The lowest BCUT2D eigenvalue weighted by atomic mass is 10.0. The van der Waals surface area contributed by atoms with Crippen molar-refractivity contribution in [1.82, 2.24) is 9.88 Å².